The SMILES string of the molecule is CN(c1ccc(Nc2ccc(Cl)cc2[N+](=O)[O-])cc1)S(=O)[O-]. The molecule has 0 saturated heterocycles. The molecule has 1 unspecified atom stereocenters. The van der Waals surface area contributed by atoms with E-state index in [9.17, 15) is 18.9 Å². The van der Waals surface area contributed by atoms with Gasteiger partial charge in [-0.3, -0.25) is 14.3 Å². The van der Waals surface area contributed by atoms with E-state index in [1.807, 2.05) is 0 Å². The lowest BCUT2D eigenvalue weighted by Crippen LogP contribution is -2.19. The summed E-state index contributed by atoms with van der Waals surface area (Å²) < 4.78 is 22.8. The van der Waals surface area contributed by atoms with Gasteiger partial charge in [-0.15, -0.1) is 0 Å². The van der Waals surface area contributed by atoms with E-state index in [1.165, 1.54) is 19.2 Å². The van der Waals surface area contributed by atoms with Crippen LogP contribution in [0, 0.1) is 10.1 Å². The maximum absolute atomic E-state index is 11.0. The van der Waals surface area contributed by atoms with E-state index in [-0.39, 0.29) is 10.7 Å². The lowest BCUT2D eigenvalue weighted by molar-refractivity contribution is -0.383. The Labute approximate surface area is 134 Å². The monoisotopic (exact) mass is 340 g/mol. The molecule has 0 aliphatic heterocycles. The molecule has 0 spiro atoms. The summed E-state index contributed by atoms with van der Waals surface area (Å²) in [6.45, 7) is 0. The van der Waals surface area contributed by atoms with Gasteiger partial charge in [0.1, 0.15) is 5.69 Å². The molecule has 0 amide bonds. The maximum atomic E-state index is 11.0. The smallest absolute Gasteiger partial charge is 0.294 e. The summed E-state index contributed by atoms with van der Waals surface area (Å²) in [5, 5.41) is 14.2. The highest BCUT2D eigenvalue weighted by Crippen LogP contribution is 2.30. The Bertz CT molecular complexity index is 724. The Morgan fingerprint density at radius 3 is 2.41 bits per heavy atom. The first-order valence-corrected chi connectivity index (χ1v) is 7.43. The van der Waals surface area contributed by atoms with Crippen LogP contribution in [0.15, 0.2) is 42.5 Å². The summed E-state index contributed by atoms with van der Waals surface area (Å²) in [7, 11) is 1.41. The van der Waals surface area contributed by atoms with Gasteiger partial charge in [-0.05, 0) is 36.4 Å². The van der Waals surface area contributed by atoms with Crippen molar-refractivity contribution >= 4 is 45.6 Å². The third-order valence-electron chi connectivity index (χ3n) is 2.89. The van der Waals surface area contributed by atoms with Gasteiger partial charge >= 0.3 is 0 Å². The molecule has 0 aromatic heterocycles. The first kappa shape index (κ1) is 16.2. The molecule has 0 aliphatic carbocycles. The van der Waals surface area contributed by atoms with Gasteiger partial charge in [0.15, 0.2) is 0 Å². The van der Waals surface area contributed by atoms with Crippen molar-refractivity contribution in [2.75, 3.05) is 16.7 Å². The Kier molecular flexibility index (Phi) is 4.96. The van der Waals surface area contributed by atoms with Gasteiger partial charge in [0, 0.05) is 40.8 Å². The Morgan fingerprint density at radius 2 is 1.86 bits per heavy atom. The zero-order chi connectivity index (χ0) is 16.3. The van der Waals surface area contributed by atoms with Gasteiger partial charge in [-0.1, -0.05) is 11.6 Å². The van der Waals surface area contributed by atoms with Gasteiger partial charge in [-0.2, -0.15) is 0 Å². The number of nitrogens with one attached hydrogen (secondary N) is 1. The van der Waals surface area contributed by atoms with Crippen molar-refractivity contribution in [2.45, 2.75) is 0 Å². The van der Waals surface area contributed by atoms with E-state index >= 15 is 0 Å². The van der Waals surface area contributed by atoms with Crippen LogP contribution in [0.5, 0.6) is 0 Å². The van der Waals surface area contributed by atoms with Crippen molar-refractivity contribution in [1.29, 1.82) is 0 Å². The van der Waals surface area contributed by atoms with Crippen LogP contribution in [0.2, 0.25) is 5.02 Å². The zero-order valence-electron chi connectivity index (χ0n) is 11.4. The fourth-order valence-corrected chi connectivity index (χ4v) is 2.22. The van der Waals surface area contributed by atoms with Gasteiger partial charge in [0.25, 0.3) is 5.69 Å². The molecule has 22 heavy (non-hydrogen) atoms. The Morgan fingerprint density at radius 1 is 1.23 bits per heavy atom. The van der Waals surface area contributed by atoms with Crippen LogP contribution in [-0.2, 0) is 11.3 Å². The van der Waals surface area contributed by atoms with Crippen molar-refractivity contribution in [1.82, 2.24) is 0 Å². The molecule has 0 saturated carbocycles. The second-order valence-corrected chi connectivity index (χ2v) is 5.72. The normalized spacial score (nSPS) is 11.8. The van der Waals surface area contributed by atoms with E-state index in [4.69, 9.17) is 11.6 Å². The molecule has 0 radical (unpaired) electrons. The molecule has 0 aliphatic rings. The predicted molar refractivity (Wildman–Crippen MR) is 85.2 cm³/mol. The largest absolute Gasteiger partial charge is 0.755 e. The summed E-state index contributed by atoms with van der Waals surface area (Å²) in [4.78, 5) is 10.5. The molecule has 0 fully saturated rings. The second-order valence-electron chi connectivity index (χ2n) is 4.31. The fourth-order valence-electron chi connectivity index (χ4n) is 1.76. The molecule has 2 aromatic carbocycles. The standard InChI is InChI=1S/C13H12ClN3O4S/c1-16(22(20)21)11-5-3-10(4-6-11)15-12-7-2-9(14)8-13(12)17(18)19/h2-8,15H,1H3,(H,20,21)/p-1. The number of anilines is 3. The van der Waals surface area contributed by atoms with Gasteiger partial charge in [0.05, 0.1) is 4.92 Å². The number of nitrogens with zero attached hydrogens (tertiary/aromatic N) is 2. The zero-order valence-corrected chi connectivity index (χ0v) is 12.9. The maximum Gasteiger partial charge on any atom is 0.294 e. The minimum atomic E-state index is -2.36. The first-order chi connectivity index (χ1) is 10.4. The number of hydrogen-bond donors (Lipinski definition) is 1. The minimum Gasteiger partial charge on any atom is -0.755 e. The second kappa shape index (κ2) is 6.73. The lowest BCUT2D eigenvalue weighted by atomic mass is 10.2. The number of halogens is 1. The van der Waals surface area contributed by atoms with Crippen molar-refractivity contribution in [3.8, 4) is 0 Å². The molecule has 2 aromatic rings. The lowest BCUT2D eigenvalue weighted by Gasteiger charge is -2.21. The van der Waals surface area contributed by atoms with Crippen molar-refractivity contribution in [2.24, 2.45) is 0 Å². The van der Waals surface area contributed by atoms with Crippen molar-refractivity contribution in [3.63, 3.8) is 0 Å². The van der Waals surface area contributed by atoms with Crippen molar-refractivity contribution in [3.05, 3.63) is 57.6 Å². The molecule has 2 rings (SSSR count). The number of benzene rings is 2. The van der Waals surface area contributed by atoms with Gasteiger partial charge in [-0.25, -0.2) is 0 Å². The van der Waals surface area contributed by atoms with Crippen LogP contribution in [0.1, 0.15) is 0 Å². The van der Waals surface area contributed by atoms with Crippen LogP contribution in [-0.4, -0.2) is 20.7 Å². The molecule has 0 heterocycles. The average molecular weight is 341 g/mol. The molecule has 7 nitrogen and oxygen atoms in total. The third kappa shape index (κ3) is 3.73. The number of nitro groups is 1. The van der Waals surface area contributed by atoms with Crippen LogP contribution in [0.4, 0.5) is 22.7 Å². The summed E-state index contributed by atoms with van der Waals surface area (Å²) in [6.07, 6.45) is 0. The third-order valence-corrected chi connectivity index (χ3v) is 3.78. The van der Waals surface area contributed by atoms with Crippen LogP contribution in [0.3, 0.4) is 0 Å². The Hall–Kier alpha value is -2.16. The summed E-state index contributed by atoms with van der Waals surface area (Å²) >= 11 is 3.39. The summed E-state index contributed by atoms with van der Waals surface area (Å²) in [6, 6.07) is 10.7. The topological polar surface area (TPSA) is 98.5 Å². The first-order valence-electron chi connectivity index (χ1n) is 6.02. The van der Waals surface area contributed by atoms with Gasteiger partial charge < -0.3 is 14.2 Å². The van der Waals surface area contributed by atoms with Gasteiger partial charge in [0.2, 0.25) is 0 Å². The quantitative estimate of drug-likeness (QED) is 0.512. The number of hydrogen-bond acceptors (Lipinski definition) is 5. The molecular formula is C13H11ClN3O4S-. The Balaban J connectivity index is 2.25. The molecular weight excluding hydrogens is 330 g/mol. The predicted octanol–water partition coefficient (Wildman–Crippen LogP) is 3.22. The van der Waals surface area contributed by atoms with Crippen LogP contribution < -0.4 is 9.62 Å². The van der Waals surface area contributed by atoms with E-state index < -0.39 is 16.2 Å². The highest BCUT2D eigenvalue weighted by Gasteiger charge is 2.14. The fraction of sp³-hybridized carbons (Fsp3) is 0.0769. The summed E-state index contributed by atoms with van der Waals surface area (Å²) in [5.74, 6) is 0. The molecule has 1 N–H and O–H groups in total. The van der Waals surface area contributed by atoms with Crippen LogP contribution >= 0.6 is 11.6 Å². The van der Waals surface area contributed by atoms with E-state index in [2.05, 4.69) is 5.32 Å². The van der Waals surface area contributed by atoms with Crippen LogP contribution in [0.25, 0.3) is 0 Å². The van der Waals surface area contributed by atoms with Crippen molar-refractivity contribution < 1.29 is 13.7 Å². The molecule has 116 valence electrons. The molecule has 1 atom stereocenters. The molecule has 9 heteroatoms. The number of nitro benzene ring substituents is 1. The van der Waals surface area contributed by atoms with E-state index in [0.29, 0.717) is 17.1 Å². The number of rotatable bonds is 5. The van der Waals surface area contributed by atoms with E-state index in [1.54, 1.807) is 30.3 Å². The highest BCUT2D eigenvalue weighted by atomic mass is 35.5. The molecule has 0 bridgehead atoms. The minimum absolute atomic E-state index is 0.144. The van der Waals surface area contributed by atoms with E-state index in [0.717, 1.165) is 4.31 Å². The average Bonchev–Trinajstić information content (AvgIpc) is 2.48. The summed E-state index contributed by atoms with van der Waals surface area (Å²) in [5.41, 5.74) is 1.21. The highest BCUT2D eigenvalue weighted by molar-refractivity contribution is 7.80.